The Kier molecular flexibility index (Phi) is 4.02. The van der Waals surface area contributed by atoms with E-state index in [0.29, 0.717) is 12.4 Å². The number of benzene rings is 1. The largest absolute Gasteiger partial charge is 0.494 e. The van der Waals surface area contributed by atoms with E-state index in [4.69, 9.17) is 13.9 Å². The van der Waals surface area contributed by atoms with Crippen molar-refractivity contribution >= 4 is 5.97 Å². The first-order valence-electron chi connectivity index (χ1n) is 5.78. The molecule has 1 heterocycles. The molecule has 2 aromatic rings. The van der Waals surface area contributed by atoms with Crippen LogP contribution in [0.2, 0.25) is 0 Å². The summed E-state index contributed by atoms with van der Waals surface area (Å²) in [4.78, 5) is 11.6. The molecule has 0 aliphatic rings. The van der Waals surface area contributed by atoms with Gasteiger partial charge in [0, 0.05) is 0 Å². The fraction of sp³-hybridized carbons (Fsp3) is 0.214. The van der Waals surface area contributed by atoms with E-state index in [1.54, 1.807) is 36.4 Å². The van der Waals surface area contributed by atoms with Gasteiger partial charge in [0.05, 0.1) is 12.9 Å². The maximum atomic E-state index is 11.6. The van der Waals surface area contributed by atoms with Crippen molar-refractivity contribution in [1.29, 1.82) is 0 Å². The van der Waals surface area contributed by atoms with E-state index in [2.05, 4.69) is 0 Å². The molecule has 0 amide bonds. The molecule has 0 aliphatic carbocycles. The third-order valence-electron chi connectivity index (χ3n) is 2.23. The first kappa shape index (κ1) is 12.2. The fourth-order valence-corrected chi connectivity index (χ4v) is 1.38. The van der Waals surface area contributed by atoms with Gasteiger partial charge in [0.1, 0.15) is 11.5 Å². The lowest BCUT2D eigenvalue weighted by Gasteiger charge is -2.05. The third-order valence-corrected chi connectivity index (χ3v) is 2.23. The third kappa shape index (κ3) is 3.13. The van der Waals surface area contributed by atoms with Crippen LogP contribution in [0.25, 0.3) is 0 Å². The van der Waals surface area contributed by atoms with Crippen LogP contribution in [0.3, 0.4) is 0 Å². The van der Waals surface area contributed by atoms with Crippen molar-refractivity contribution in [3.8, 4) is 11.5 Å². The Hall–Kier alpha value is -2.23. The Bertz CT molecular complexity index is 485. The standard InChI is InChI=1S/C14H14O4/c1-2-9-16-11-5-7-12(8-6-11)18-14(15)13-4-3-10-17-13/h3-8,10H,2,9H2,1H3. The molecule has 0 radical (unpaired) electrons. The lowest BCUT2D eigenvalue weighted by Crippen LogP contribution is -2.07. The summed E-state index contributed by atoms with van der Waals surface area (Å²) in [6.45, 7) is 2.71. The first-order valence-corrected chi connectivity index (χ1v) is 5.78. The number of ether oxygens (including phenoxy) is 2. The van der Waals surface area contributed by atoms with Crippen LogP contribution in [0, 0.1) is 0 Å². The second-order valence-corrected chi connectivity index (χ2v) is 3.69. The van der Waals surface area contributed by atoms with Crippen molar-refractivity contribution < 1.29 is 18.7 Å². The average Bonchev–Trinajstić information content (AvgIpc) is 2.92. The van der Waals surface area contributed by atoms with Gasteiger partial charge in [0.2, 0.25) is 5.76 Å². The van der Waals surface area contributed by atoms with E-state index in [1.165, 1.54) is 6.26 Å². The van der Waals surface area contributed by atoms with E-state index < -0.39 is 5.97 Å². The highest BCUT2D eigenvalue weighted by Gasteiger charge is 2.10. The van der Waals surface area contributed by atoms with Gasteiger partial charge in [0.25, 0.3) is 0 Å². The van der Waals surface area contributed by atoms with Crippen LogP contribution in [0.4, 0.5) is 0 Å². The number of hydrogen-bond donors (Lipinski definition) is 0. The van der Waals surface area contributed by atoms with Gasteiger partial charge >= 0.3 is 5.97 Å². The predicted octanol–water partition coefficient (Wildman–Crippen LogP) is 3.29. The molecule has 0 aliphatic heterocycles. The second kappa shape index (κ2) is 5.91. The molecule has 0 unspecified atom stereocenters. The molecule has 1 aromatic carbocycles. The Morgan fingerprint density at radius 3 is 2.50 bits per heavy atom. The summed E-state index contributed by atoms with van der Waals surface area (Å²) >= 11 is 0. The zero-order chi connectivity index (χ0) is 12.8. The molecule has 18 heavy (non-hydrogen) atoms. The lowest BCUT2D eigenvalue weighted by atomic mass is 10.3. The van der Waals surface area contributed by atoms with Gasteiger partial charge in [-0.05, 0) is 42.8 Å². The molecule has 4 heteroatoms. The molecule has 0 spiro atoms. The quantitative estimate of drug-likeness (QED) is 0.600. The minimum absolute atomic E-state index is 0.182. The van der Waals surface area contributed by atoms with Gasteiger partial charge in [0.15, 0.2) is 0 Å². The molecule has 0 saturated heterocycles. The maximum Gasteiger partial charge on any atom is 0.379 e. The highest BCUT2D eigenvalue weighted by atomic mass is 16.5. The monoisotopic (exact) mass is 246 g/mol. The predicted molar refractivity (Wildman–Crippen MR) is 65.9 cm³/mol. The number of carbonyl (C=O) groups is 1. The smallest absolute Gasteiger partial charge is 0.379 e. The summed E-state index contributed by atoms with van der Waals surface area (Å²) in [5.74, 6) is 0.887. The number of esters is 1. The maximum absolute atomic E-state index is 11.6. The van der Waals surface area contributed by atoms with Crippen LogP contribution in [0.15, 0.2) is 47.1 Å². The van der Waals surface area contributed by atoms with E-state index in [1.807, 2.05) is 6.92 Å². The summed E-state index contributed by atoms with van der Waals surface area (Å²) in [6.07, 6.45) is 2.38. The molecule has 2 rings (SSSR count). The van der Waals surface area contributed by atoms with Crippen molar-refractivity contribution in [3.05, 3.63) is 48.4 Å². The Morgan fingerprint density at radius 2 is 1.89 bits per heavy atom. The molecule has 4 nitrogen and oxygen atoms in total. The number of furan rings is 1. The fourth-order valence-electron chi connectivity index (χ4n) is 1.38. The van der Waals surface area contributed by atoms with Crippen LogP contribution in [-0.4, -0.2) is 12.6 Å². The normalized spacial score (nSPS) is 10.1. The molecule has 1 aromatic heterocycles. The zero-order valence-electron chi connectivity index (χ0n) is 10.1. The second-order valence-electron chi connectivity index (χ2n) is 3.69. The van der Waals surface area contributed by atoms with Gasteiger partial charge in [-0.1, -0.05) is 6.92 Å². The molecule has 0 fully saturated rings. The van der Waals surface area contributed by atoms with E-state index >= 15 is 0 Å². The van der Waals surface area contributed by atoms with Gasteiger partial charge in [-0.2, -0.15) is 0 Å². The number of rotatable bonds is 5. The highest BCUT2D eigenvalue weighted by molar-refractivity contribution is 5.88. The van der Waals surface area contributed by atoms with Crippen LogP contribution >= 0.6 is 0 Å². The summed E-state index contributed by atoms with van der Waals surface area (Å²) in [6, 6.07) is 10.1. The van der Waals surface area contributed by atoms with Crippen molar-refractivity contribution in [3.63, 3.8) is 0 Å². The molecule has 0 N–H and O–H groups in total. The molecular formula is C14H14O4. The number of hydrogen-bond acceptors (Lipinski definition) is 4. The summed E-state index contributed by atoms with van der Waals surface area (Å²) in [7, 11) is 0. The summed E-state index contributed by atoms with van der Waals surface area (Å²) in [5.41, 5.74) is 0. The van der Waals surface area contributed by atoms with Crippen molar-refractivity contribution in [2.45, 2.75) is 13.3 Å². The van der Waals surface area contributed by atoms with Gasteiger partial charge in [-0.3, -0.25) is 0 Å². The molecular weight excluding hydrogens is 232 g/mol. The van der Waals surface area contributed by atoms with Crippen LogP contribution in [0.1, 0.15) is 23.9 Å². The van der Waals surface area contributed by atoms with Crippen LogP contribution in [0.5, 0.6) is 11.5 Å². The first-order chi connectivity index (χ1) is 8.79. The number of carbonyl (C=O) groups excluding carboxylic acids is 1. The zero-order valence-corrected chi connectivity index (χ0v) is 10.1. The molecule has 0 saturated carbocycles. The van der Waals surface area contributed by atoms with Crippen molar-refractivity contribution in [2.24, 2.45) is 0 Å². The molecule has 0 atom stereocenters. The Labute approximate surface area is 105 Å². The van der Waals surface area contributed by atoms with E-state index in [9.17, 15) is 4.79 Å². The molecule has 94 valence electrons. The van der Waals surface area contributed by atoms with E-state index in [-0.39, 0.29) is 5.76 Å². The van der Waals surface area contributed by atoms with Crippen molar-refractivity contribution in [1.82, 2.24) is 0 Å². The lowest BCUT2D eigenvalue weighted by molar-refractivity contribution is 0.0701. The van der Waals surface area contributed by atoms with Gasteiger partial charge in [-0.25, -0.2) is 4.79 Å². The minimum Gasteiger partial charge on any atom is -0.494 e. The SMILES string of the molecule is CCCOc1ccc(OC(=O)c2ccco2)cc1. The van der Waals surface area contributed by atoms with E-state index in [0.717, 1.165) is 12.2 Å². The topological polar surface area (TPSA) is 48.7 Å². The summed E-state index contributed by atoms with van der Waals surface area (Å²) in [5, 5.41) is 0. The Balaban J connectivity index is 1.96. The minimum atomic E-state index is -0.512. The Morgan fingerprint density at radius 1 is 1.17 bits per heavy atom. The van der Waals surface area contributed by atoms with Crippen LogP contribution < -0.4 is 9.47 Å². The van der Waals surface area contributed by atoms with Gasteiger partial charge in [-0.15, -0.1) is 0 Å². The average molecular weight is 246 g/mol. The van der Waals surface area contributed by atoms with Gasteiger partial charge < -0.3 is 13.9 Å². The summed E-state index contributed by atoms with van der Waals surface area (Å²) < 4.78 is 15.5. The van der Waals surface area contributed by atoms with Crippen molar-refractivity contribution in [2.75, 3.05) is 6.61 Å². The molecule has 0 bridgehead atoms. The highest BCUT2D eigenvalue weighted by Crippen LogP contribution is 2.18. The van der Waals surface area contributed by atoms with Crippen LogP contribution in [-0.2, 0) is 0 Å².